The van der Waals surface area contributed by atoms with E-state index in [-0.39, 0.29) is 6.04 Å². The van der Waals surface area contributed by atoms with Crippen molar-refractivity contribution in [2.24, 2.45) is 5.73 Å². The quantitative estimate of drug-likeness (QED) is 0.850. The maximum absolute atomic E-state index is 5.76. The molecule has 4 heteroatoms. The van der Waals surface area contributed by atoms with Crippen molar-refractivity contribution in [3.63, 3.8) is 0 Å². The van der Waals surface area contributed by atoms with Crippen LogP contribution in [0.3, 0.4) is 0 Å². The van der Waals surface area contributed by atoms with Crippen molar-refractivity contribution in [2.75, 3.05) is 19.6 Å². The monoisotopic (exact) mass is 239 g/mol. The number of hydrogen-bond acceptors (Lipinski definition) is 4. The summed E-state index contributed by atoms with van der Waals surface area (Å²) in [6.45, 7) is 5.75. The molecule has 1 saturated heterocycles. The third-order valence-corrected chi connectivity index (χ3v) is 3.93. The van der Waals surface area contributed by atoms with Crippen molar-refractivity contribution in [3.05, 3.63) is 16.1 Å². The van der Waals surface area contributed by atoms with Crippen molar-refractivity contribution in [3.8, 4) is 0 Å². The summed E-state index contributed by atoms with van der Waals surface area (Å²) in [4.78, 5) is 7.16. The summed E-state index contributed by atoms with van der Waals surface area (Å²) in [6.07, 6.45) is 4.74. The molecule has 2 heterocycles. The molecule has 0 aliphatic carbocycles. The smallest absolute Gasteiger partial charge is 0.0941 e. The lowest BCUT2D eigenvalue weighted by molar-refractivity contribution is 0.343. The molecule has 2 rings (SSSR count). The van der Waals surface area contributed by atoms with Crippen LogP contribution in [-0.4, -0.2) is 35.6 Å². The van der Waals surface area contributed by atoms with Crippen LogP contribution in [0, 0.1) is 0 Å². The van der Waals surface area contributed by atoms with E-state index in [2.05, 4.69) is 15.3 Å². The first-order valence-electron chi connectivity index (χ1n) is 6.15. The molecule has 1 aliphatic heterocycles. The van der Waals surface area contributed by atoms with Gasteiger partial charge in [-0.3, -0.25) is 0 Å². The highest BCUT2D eigenvalue weighted by Crippen LogP contribution is 2.14. The zero-order valence-electron chi connectivity index (χ0n) is 9.98. The largest absolute Gasteiger partial charge is 0.328 e. The van der Waals surface area contributed by atoms with Gasteiger partial charge in [-0.15, -0.1) is 11.3 Å². The van der Waals surface area contributed by atoms with E-state index >= 15 is 0 Å². The van der Waals surface area contributed by atoms with Gasteiger partial charge in [0.25, 0.3) is 0 Å². The Balaban J connectivity index is 1.78. The van der Waals surface area contributed by atoms with Gasteiger partial charge in [-0.1, -0.05) is 0 Å². The Hall–Kier alpha value is -0.450. The molecule has 1 aromatic rings. The molecule has 1 unspecified atom stereocenters. The van der Waals surface area contributed by atoms with Crippen LogP contribution in [0.25, 0.3) is 0 Å². The average molecular weight is 239 g/mol. The Labute approximate surface area is 102 Å². The summed E-state index contributed by atoms with van der Waals surface area (Å²) >= 11 is 1.78. The van der Waals surface area contributed by atoms with Gasteiger partial charge in [-0.2, -0.15) is 0 Å². The van der Waals surface area contributed by atoms with Crippen LogP contribution in [0.1, 0.15) is 30.5 Å². The standard InChI is InChI=1S/C12H21N3S/c1-10(13)8-11-9-16-12(14-11)4-7-15-5-2-3-6-15/h9-10H,2-8,13H2,1H3. The van der Waals surface area contributed by atoms with Crippen LogP contribution in [-0.2, 0) is 12.8 Å². The number of nitrogens with two attached hydrogens (primary N) is 1. The van der Waals surface area contributed by atoms with Gasteiger partial charge in [-0.05, 0) is 32.9 Å². The third kappa shape index (κ3) is 3.54. The van der Waals surface area contributed by atoms with E-state index in [1.165, 1.54) is 37.5 Å². The lowest BCUT2D eigenvalue weighted by atomic mass is 10.2. The SMILES string of the molecule is CC(N)Cc1csc(CCN2CCCC2)n1. The van der Waals surface area contributed by atoms with Crippen molar-refractivity contribution in [1.29, 1.82) is 0 Å². The molecule has 0 amide bonds. The topological polar surface area (TPSA) is 42.1 Å². The highest BCUT2D eigenvalue weighted by atomic mass is 32.1. The van der Waals surface area contributed by atoms with Gasteiger partial charge in [0.05, 0.1) is 10.7 Å². The molecule has 1 fully saturated rings. The first-order valence-corrected chi connectivity index (χ1v) is 7.03. The maximum Gasteiger partial charge on any atom is 0.0941 e. The Morgan fingerprint density at radius 1 is 1.50 bits per heavy atom. The van der Waals surface area contributed by atoms with E-state index in [4.69, 9.17) is 5.73 Å². The van der Waals surface area contributed by atoms with Gasteiger partial charge >= 0.3 is 0 Å². The zero-order chi connectivity index (χ0) is 11.4. The minimum atomic E-state index is 0.216. The van der Waals surface area contributed by atoms with Crippen molar-refractivity contribution < 1.29 is 0 Å². The second-order valence-electron chi connectivity index (χ2n) is 4.71. The van der Waals surface area contributed by atoms with Gasteiger partial charge in [0.2, 0.25) is 0 Å². The van der Waals surface area contributed by atoms with Gasteiger partial charge in [0.15, 0.2) is 0 Å². The number of aromatic nitrogens is 1. The van der Waals surface area contributed by atoms with E-state index in [9.17, 15) is 0 Å². The second-order valence-corrected chi connectivity index (χ2v) is 5.66. The number of rotatable bonds is 5. The molecule has 0 radical (unpaired) electrons. The molecule has 0 aromatic carbocycles. The summed E-state index contributed by atoms with van der Waals surface area (Å²) in [5.74, 6) is 0. The fraction of sp³-hybridized carbons (Fsp3) is 0.750. The lowest BCUT2D eigenvalue weighted by Gasteiger charge is -2.12. The van der Waals surface area contributed by atoms with Crippen LogP contribution in [0.4, 0.5) is 0 Å². The van der Waals surface area contributed by atoms with Crippen LogP contribution >= 0.6 is 11.3 Å². The third-order valence-electron chi connectivity index (χ3n) is 2.97. The number of thiazole rings is 1. The van der Waals surface area contributed by atoms with Gasteiger partial charge in [0.1, 0.15) is 0 Å². The Morgan fingerprint density at radius 2 is 2.25 bits per heavy atom. The fourth-order valence-corrected chi connectivity index (χ4v) is 2.95. The van der Waals surface area contributed by atoms with Crippen LogP contribution in [0.5, 0.6) is 0 Å². The van der Waals surface area contributed by atoms with Crippen molar-refractivity contribution in [1.82, 2.24) is 9.88 Å². The number of likely N-dealkylation sites (tertiary alicyclic amines) is 1. The Morgan fingerprint density at radius 3 is 2.94 bits per heavy atom. The molecule has 1 aliphatic rings. The molecule has 90 valence electrons. The maximum atomic E-state index is 5.76. The molecule has 2 N–H and O–H groups in total. The average Bonchev–Trinajstić information content (AvgIpc) is 2.84. The Bertz CT molecular complexity index is 316. The highest BCUT2D eigenvalue weighted by molar-refractivity contribution is 7.09. The first-order chi connectivity index (χ1) is 7.74. The fourth-order valence-electron chi connectivity index (χ4n) is 2.15. The summed E-state index contributed by atoms with van der Waals surface area (Å²) in [7, 11) is 0. The highest BCUT2D eigenvalue weighted by Gasteiger charge is 2.12. The first kappa shape index (κ1) is 12.0. The molecule has 3 nitrogen and oxygen atoms in total. The van der Waals surface area contributed by atoms with E-state index in [1.54, 1.807) is 11.3 Å². The van der Waals surface area contributed by atoms with Crippen LogP contribution < -0.4 is 5.73 Å². The second kappa shape index (κ2) is 5.75. The van der Waals surface area contributed by atoms with Gasteiger partial charge in [0, 0.05) is 30.8 Å². The van der Waals surface area contributed by atoms with Crippen LogP contribution in [0.15, 0.2) is 5.38 Å². The summed E-state index contributed by atoms with van der Waals surface area (Å²) in [6, 6.07) is 0.216. The minimum absolute atomic E-state index is 0.216. The molecule has 0 saturated carbocycles. The molecule has 16 heavy (non-hydrogen) atoms. The van der Waals surface area contributed by atoms with E-state index in [0.29, 0.717) is 0 Å². The van der Waals surface area contributed by atoms with Gasteiger partial charge < -0.3 is 10.6 Å². The number of nitrogens with zero attached hydrogens (tertiary/aromatic N) is 2. The van der Waals surface area contributed by atoms with E-state index in [1.807, 2.05) is 6.92 Å². The lowest BCUT2D eigenvalue weighted by Crippen LogP contribution is -2.22. The minimum Gasteiger partial charge on any atom is -0.328 e. The summed E-state index contributed by atoms with van der Waals surface area (Å²) in [5.41, 5.74) is 6.93. The van der Waals surface area contributed by atoms with Gasteiger partial charge in [-0.25, -0.2) is 4.98 Å². The zero-order valence-corrected chi connectivity index (χ0v) is 10.8. The number of hydrogen-bond donors (Lipinski definition) is 1. The molecular formula is C12H21N3S. The molecule has 1 aromatic heterocycles. The molecular weight excluding hydrogens is 218 g/mol. The van der Waals surface area contributed by atoms with Crippen molar-refractivity contribution in [2.45, 2.75) is 38.6 Å². The summed E-state index contributed by atoms with van der Waals surface area (Å²) < 4.78 is 0. The predicted molar refractivity (Wildman–Crippen MR) is 68.8 cm³/mol. The molecule has 1 atom stereocenters. The van der Waals surface area contributed by atoms with Crippen molar-refractivity contribution >= 4 is 11.3 Å². The Kier molecular flexibility index (Phi) is 4.32. The predicted octanol–water partition coefficient (Wildman–Crippen LogP) is 1.67. The molecule has 0 bridgehead atoms. The van der Waals surface area contributed by atoms with Crippen LogP contribution in [0.2, 0.25) is 0 Å². The normalized spacial score (nSPS) is 19.1. The molecule has 0 spiro atoms. The van der Waals surface area contributed by atoms with E-state index in [0.717, 1.165) is 18.5 Å². The van der Waals surface area contributed by atoms with E-state index < -0.39 is 0 Å². The summed E-state index contributed by atoms with van der Waals surface area (Å²) in [5, 5.41) is 3.42.